The van der Waals surface area contributed by atoms with Gasteiger partial charge in [-0.15, -0.1) is 0 Å². The number of nitrogens with two attached hydrogens (primary N) is 1. The van der Waals surface area contributed by atoms with Crippen LogP contribution in [0.15, 0.2) is 47.1 Å². The summed E-state index contributed by atoms with van der Waals surface area (Å²) in [4.78, 5) is 4.14. The molecule has 3 rings (SSSR count). The van der Waals surface area contributed by atoms with E-state index in [0.29, 0.717) is 0 Å². The summed E-state index contributed by atoms with van der Waals surface area (Å²) in [6.45, 7) is 0. The fourth-order valence-corrected chi connectivity index (χ4v) is 2.35. The molecule has 0 fully saturated rings. The van der Waals surface area contributed by atoms with Crippen LogP contribution in [0.5, 0.6) is 0 Å². The Hall–Kier alpha value is -1.56. The minimum atomic E-state index is 0.732. The lowest BCUT2D eigenvalue weighted by molar-refractivity contribution is 0.629. The van der Waals surface area contributed by atoms with Crippen LogP contribution in [0.4, 0.5) is 5.69 Å². The Balaban J connectivity index is 2.22. The zero-order valence-corrected chi connectivity index (χ0v) is 11.0. The zero-order valence-electron chi connectivity index (χ0n) is 8.85. The molecule has 3 aromatic rings. The molecule has 0 radical (unpaired) electrons. The normalized spacial score (nSPS) is 10.9. The van der Waals surface area contributed by atoms with E-state index in [1.807, 2.05) is 30.3 Å². The Kier molecular flexibility index (Phi) is 2.51. The standard InChI is InChI=1S/C13H9IN2O/c14-11-7-16-6-9-5-12(17-13(9)11)8-2-1-3-10(15)4-8/h1-7H,15H2. The predicted octanol–water partition coefficient (Wildman–Crippen LogP) is 3.68. The fraction of sp³-hybridized carbons (Fsp3) is 0. The molecule has 0 saturated heterocycles. The van der Waals surface area contributed by atoms with E-state index in [1.54, 1.807) is 12.4 Å². The average Bonchev–Trinajstić information content (AvgIpc) is 2.74. The summed E-state index contributed by atoms with van der Waals surface area (Å²) in [7, 11) is 0. The number of rotatable bonds is 1. The molecular formula is C13H9IN2O. The molecule has 0 atom stereocenters. The van der Waals surface area contributed by atoms with Gasteiger partial charge in [-0.25, -0.2) is 0 Å². The monoisotopic (exact) mass is 336 g/mol. The minimum Gasteiger partial charge on any atom is -0.455 e. The van der Waals surface area contributed by atoms with Gasteiger partial charge in [0.05, 0.1) is 3.57 Å². The number of hydrogen-bond donors (Lipinski definition) is 1. The second kappa shape index (κ2) is 4.03. The highest BCUT2D eigenvalue weighted by molar-refractivity contribution is 14.1. The number of nitrogen functional groups attached to an aromatic ring is 1. The van der Waals surface area contributed by atoms with Crippen LogP contribution in [-0.4, -0.2) is 4.98 Å². The third-order valence-corrected chi connectivity index (χ3v) is 3.32. The lowest BCUT2D eigenvalue weighted by Gasteiger charge is -1.97. The second-order valence-corrected chi connectivity index (χ2v) is 4.94. The Morgan fingerprint density at radius 3 is 2.82 bits per heavy atom. The lowest BCUT2D eigenvalue weighted by atomic mass is 10.1. The summed E-state index contributed by atoms with van der Waals surface area (Å²) in [6, 6.07) is 9.64. The number of furan rings is 1. The van der Waals surface area contributed by atoms with Crippen molar-refractivity contribution in [2.45, 2.75) is 0 Å². The zero-order chi connectivity index (χ0) is 11.8. The molecular weight excluding hydrogens is 327 g/mol. The number of benzene rings is 1. The van der Waals surface area contributed by atoms with Crippen LogP contribution in [0.25, 0.3) is 22.3 Å². The number of pyridine rings is 1. The number of hydrogen-bond acceptors (Lipinski definition) is 3. The number of halogens is 1. The molecule has 0 amide bonds. The van der Waals surface area contributed by atoms with Crippen LogP contribution in [0, 0.1) is 3.57 Å². The van der Waals surface area contributed by atoms with E-state index in [0.717, 1.165) is 31.6 Å². The SMILES string of the molecule is Nc1cccc(-c2cc3cncc(I)c3o2)c1. The van der Waals surface area contributed by atoms with E-state index in [2.05, 4.69) is 27.6 Å². The lowest BCUT2D eigenvalue weighted by Crippen LogP contribution is -1.83. The van der Waals surface area contributed by atoms with Crippen molar-refractivity contribution in [3.8, 4) is 11.3 Å². The maximum atomic E-state index is 5.84. The molecule has 3 nitrogen and oxygen atoms in total. The Bertz CT molecular complexity index is 691. The molecule has 0 saturated carbocycles. The van der Waals surface area contributed by atoms with Crippen LogP contribution in [0.2, 0.25) is 0 Å². The molecule has 17 heavy (non-hydrogen) atoms. The summed E-state index contributed by atoms with van der Waals surface area (Å²) < 4.78 is 6.85. The van der Waals surface area contributed by atoms with Gasteiger partial charge in [0.2, 0.25) is 0 Å². The van der Waals surface area contributed by atoms with Gasteiger partial charge in [0.1, 0.15) is 5.76 Å². The molecule has 0 aliphatic carbocycles. The smallest absolute Gasteiger partial charge is 0.151 e. The first-order valence-electron chi connectivity index (χ1n) is 5.13. The predicted molar refractivity (Wildman–Crippen MR) is 76.6 cm³/mol. The third kappa shape index (κ3) is 1.88. The summed E-state index contributed by atoms with van der Waals surface area (Å²) in [5.74, 6) is 0.818. The van der Waals surface area contributed by atoms with Crippen molar-refractivity contribution < 1.29 is 4.42 Å². The highest BCUT2D eigenvalue weighted by Gasteiger charge is 2.08. The molecule has 1 aromatic carbocycles. The minimum absolute atomic E-state index is 0.732. The van der Waals surface area contributed by atoms with E-state index < -0.39 is 0 Å². The van der Waals surface area contributed by atoms with Crippen molar-refractivity contribution in [3.05, 3.63) is 46.3 Å². The van der Waals surface area contributed by atoms with Gasteiger partial charge in [-0.2, -0.15) is 0 Å². The molecule has 2 aromatic heterocycles. The van der Waals surface area contributed by atoms with Crippen molar-refractivity contribution >= 4 is 39.2 Å². The van der Waals surface area contributed by atoms with Gasteiger partial charge in [0, 0.05) is 29.0 Å². The van der Waals surface area contributed by atoms with Crippen LogP contribution < -0.4 is 5.73 Å². The van der Waals surface area contributed by atoms with Crippen molar-refractivity contribution in [1.29, 1.82) is 0 Å². The van der Waals surface area contributed by atoms with Gasteiger partial charge in [-0.05, 0) is 40.8 Å². The first kappa shape index (κ1) is 10.6. The number of nitrogens with zero attached hydrogens (tertiary/aromatic N) is 1. The van der Waals surface area contributed by atoms with Crippen molar-refractivity contribution in [2.24, 2.45) is 0 Å². The van der Waals surface area contributed by atoms with Gasteiger partial charge in [0.15, 0.2) is 5.58 Å². The first-order valence-corrected chi connectivity index (χ1v) is 6.21. The first-order chi connectivity index (χ1) is 8.24. The van der Waals surface area contributed by atoms with Gasteiger partial charge >= 0.3 is 0 Å². The van der Waals surface area contributed by atoms with Crippen molar-refractivity contribution in [3.63, 3.8) is 0 Å². The molecule has 0 unspecified atom stereocenters. The van der Waals surface area contributed by atoms with Gasteiger partial charge in [-0.3, -0.25) is 4.98 Å². The number of aromatic nitrogens is 1. The highest BCUT2D eigenvalue weighted by Crippen LogP contribution is 2.30. The van der Waals surface area contributed by atoms with Crippen LogP contribution in [0.3, 0.4) is 0 Å². The number of fused-ring (bicyclic) bond motifs is 1. The second-order valence-electron chi connectivity index (χ2n) is 3.78. The van der Waals surface area contributed by atoms with Crippen LogP contribution in [-0.2, 0) is 0 Å². The van der Waals surface area contributed by atoms with E-state index in [-0.39, 0.29) is 0 Å². The molecule has 0 bridgehead atoms. The molecule has 2 heterocycles. The molecule has 0 spiro atoms. The van der Waals surface area contributed by atoms with Gasteiger partial charge in [0.25, 0.3) is 0 Å². The van der Waals surface area contributed by atoms with E-state index in [1.165, 1.54) is 0 Å². The van der Waals surface area contributed by atoms with Gasteiger partial charge < -0.3 is 10.2 Å². The summed E-state index contributed by atoms with van der Waals surface area (Å²) in [5.41, 5.74) is 8.35. The maximum Gasteiger partial charge on any atom is 0.151 e. The molecule has 0 aliphatic rings. The quantitative estimate of drug-likeness (QED) is 0.545. The van der Waals surface area contributed by atoms with Crippen molar-refractivity contribution in [1.82, 2.24) is 4.98 Å². The Morgan fingerprint density at radius 1 is 1.18 bits per heavy atom. The highest BCUT2D eigenvalue weighted by atomic mass is 127. The summed E-state index contributed by atoms with van der Waals surface area (Å²) >= 11 is 2.22. The maximum absolute atomic E-state index is 5.84. The van der Waals surface area contributed by atoms with Crippen LogP contribution >= 0.6 is 22.6 Å². The van der Waals surface area contributed by atoms with E-state index >= 15 is 0 Å². The molecule has 0 aliphatic heterocycles. The van der Waals surface area contributed by atoms with Gasteiger partial charge in [-0.1, -0.05) is 12.1 Å². The van der Waals surface area contributed by atoms with Crippen molar-refractivity contribution in [2.75, 3.05) is 5.73 Å². The van der Waals surface area contributed by atoms with E-state index in [9.17, 15) is 0 Å². The Labute approximate surface area is 112 Å². The topological polar surface area (TPSA) is 52.0 Å². The molecule has 84 valence electrons. The fourth-order valence-electron chi connectivity index (χ4n) is 1.76. The largest absolute Gasteiger partial charge is 0.455 e. The summed E-state index contributed by atoms with van der Waals surface area (Å²) in [6.07, 6.45) is 3.59. The van der Waals surface area contributed by atoms with E-state index in [4.69, 9.17) is 10.2 Å². The Morgan fingerprint density at radius 2 is 2.06 bits per heavy atom. The van der Waals surface area contributed by atoms with Crippen LogP contribution in [0.1, 0.15) is 0 Å². The average molecular weight is 336 g/mol. The molecule has 2 N–H and O–H groups in total. The number of anilines is 1. The summed E-state index contributed by atoms with van der Waals surface area (Å²) in [5, 5.41) is 1.01. The molecule has 4 heteroatoms. The third-order valence-electron chi connectivity index (χ3n) is 2.55.